The first-order chi connectivity index (χ1) is 12.5. The first kappa shape index (κ1) is 21.3. The maximum atomic E-state index is 13.5. The normalized spacial score (nSPS) is 10.9. The van der Waals surface area contributed by atoms with Gasteiger partial charge >= 0.3 is 0 Å². The highest BCUT2D eigenvalue weighted by molar-refractivity contribution is 7.22. The number of rotatable bonds is 6. The van der Waals surface area contributed by atoms with Crippen LogP contribution in [0.2, 0.25) is 0 Å². The number of aryl methyl sites for hydroxylation is 1. The van der Waals surface area contributed by atoms with E-state index in [9.17, 15) is 9.18 Å². The van der Waals surface area contributed by atoms with Crippen molar-refractivity contribution in [1.82, 2.24) is 9.88 Å². The van der Waals surface area contributed by atoms with Crippen LogP contribution in [0.3, 0.4) is 0 Å². The molecule has 3 aromatic rings. The highest BCUT2D eigenvalue weighted by Gasteiger charge is 2.22. The van der Waals surface area contributed by atoms with Crippen molar-refractivity contribution in [3.8, 4) is 0 Å². The monoisotopic (exact) mass is 407 g/mol. The summed E-state index contributed by atoms with van der Waals surface area (Å²) in [5.74, 6) is -0.363. The minimum absolute atomic E-state index is 0. The molecular weight excluding hydrogens is 385 g/mol. The van der Waals surface area contributed by atoms with Crippen molar-refractivity contribution in [2.45, 2.75) is 13.3 Å². The standard InChI is InChI=1S/C20H22FN3OS.ClH/c1-14-7-4-5-8-16(14)19(25)24(12-6-11-23(2)3)20-22-17-10-9-15(21)13-18(17)26-20;/h4-5,7-10,13H,6,11-12H2,1-3H3;1H. The van der Waals surface area contributed by atoms with Crippen molar-refractivity contribution in [2.75, 3.05) is 32.1 Å². The van der Waals surface area contributed by atoms with E-state index in [1.54, 1.807) is 11.0 Å². The number of carbonyl (C=O) groups is 1. The van der Waals surface area contributed by atoms with Crippen molar-refractivity contribution in [1.29, 1.82) is 0 Å². The molecule has 0 fully saturated rings. The van der Waals surface area contributed by atoms with Gasteiger partial charge in [0.25, 0.3) is 5.91 Å². The van der Waals surface area contributed by atoms with Gasteiger partial charge in [0.15, 0.2) is 5.13 Å². The Kier molecular flexibility index (Phi) is 7.30. The predicted octanol–water partition coefficient (Wildman–Crippen LogP) is 4.76. The van der Waals surface area contributed by atoms with E-state index in [0.717, 1.165) is 23.2 Å². The lowest BCUT2D eigenvalue weighted by atomic mass is 10.1. The molecule has 0 aliphatic rings. The van der Waals surface area contributed by atoms with Gasteiger partial charge in [-0.1, -0.05) is 29.5 Å². The zero-order chi connectivity index (χ0) is 18.7. The number of aromatic nitrogens is 1. The van der Waals surface area contributed by atoms with Gasteiger partial charge in [-0.15, -0.1) is 12.4 Å². The summed E-state index contributed by atoms with van der Waals surface area (Å²) in [5.41, 5.74) is 2.31. The van der Waals surface area contributed by atoms with E-state index >= 15 is 0 Å². The molecule has 0 aliphatic heterocycles. The van der Waals surface area contributed by atoms with E-state index in [2.05, 4.69) is 9.88 Å². The Labute approximate surface area is 169 Å². The van der Waals surface area contributed by atoms with Crippen LogP contribution in [0.25, 0.3) is 10.2 Å². The Morgan fingerprint density at radius 3 is 2.59 bits per heavy atom. The van der Waals surface area contributed by atoms with Gasteiger partial charge in [0.2, 0.25) is 0 Å². The number of nitrogens with zero attached hydrogens (tertiary/aromatic N) is 3. The fourth-order valence-corrected chi connectivity index (χ4v) is 3.80. The smallest absolute Gasteiger partial charge is 0.260 e. The molecule has 3 rings (SSSR count). The van der Waals surface area contributed by atoms with E-state index < -0.39 is 0 Å². The Balaban J connectivity index is 0.00000261. The highest BCUT2D eigenvalue weighted by atomic mass is 35.5. The number of amides is 1. The number of hydrogen-bond donors (Lipinski definition) is 0. The minimum atomic E-state index is -0.294. The fourth-order valence-electron chi connectivity index (χ4n) is 2.79. The van der Waals surface area contributed by atoms with Crippen molar-refractivity contribution in [3.05, 3.63) is 59.4 Å². The first-order valence-electron chi connectivity index (χ1n) is 8.54. The lowest BCUT2D eigenvalue weighted by Crippen LogP contribution is -2.33. The van der Waals surface area contributed by atoms with E-state index in [-0.39, 0.29) is 24.1 Å². The number of hydrogen-bond acceptors (Lipinski definition) is 4. The third kappa shape index (κ3) is 5.03. The topological polar surface area (TPSA) is 36.4 Å². The average Bonchev–Trinajstić information content (AvgIpc) is 3.01. The summed E-state index contributed by atoms with van der Waals surface area (Å²) in [6.45, 7) is 3.36. The third-order valence-corrected chi connectivity index (χ3v) is 5.22. The summed E-state index contributed by atoms with van der Waals surface area (Å²) in [5, 5.41) is 0.609. The van der Waals surface area contributed by atoms with Gasteiger partial charge in [-0.2, -0.15) is 0 Å². The Bertz CT molecular complexity index is 928. The number of anilines is 1. The molecule has 7 heteroatoms. The van der Waals surface area contributed by atoms with Crippen LogP contribution in [-0.2, 0) is 0 Å². The van der Waals surface area contributed by atoms with E-state index in [0.29, 0.717) is 22.8 Å². The molecule has 1 aromatic heterocycles. The van der Waals surface area contributed by atoms with Gasteiger partial charge in [-0.3, -0.25) is 9.69 Å². The molecule has 1 heterocycles. The first-order valence-corrected chi connectivity index (χ1v) is 9.35. The molecule has 0 saturated carbocycles. The number of halogens is 2. The van der Waals surface area contributed by atoms with Crippen LogP contribution in [0.5, 0.6) is 0 Å². The van der Waals surface area contributed by atoms with Crippen molar-refractivity contribution < 1.29 is 9.18 Å². The lowest BCUT2D eigenvalue weighted by molar-refractivity contribution is 0.0985. The van der Waals surface area contributed by atoms with Gasteiger partial charge in [-0.25, -0.2) is 9.37 Å². The van der Waals surface area contributed by atoms with Crippen LogP contribution in [0.4, 0.5) is 9.52 Å². The van der Waals surface area contributed by atoms with Crippen LogP contribution in [-0.4, -0.2) is 43.0 Å². The quantitative estimate of drug-likeness (QED) is 0.590. The third-order valence-electron chi connectivity index (χ3n) is 4.18. The van der Waals surface area contributed by atoms with Gasteiger partial charge in [0.1, 0.15) is 5.82 Å². The molecule has 0 bridgehead atoms. The minimum Gasteiger partial charge on any atom is -0.309 e. The SMILES string of the molecule is Cc1ccccc1C(=O)N(CCCN(C)C)c1nc2ccc(F)cc2s1.Cl. The van der Waals surface area contributed by atoms with Crippen molar-refractivity contribution in [3.63, 3.8) is 0 Å². The molecular formula is C20H23ClFN3OS. The highest BCUT2D eigenvalue weighted by Crippen LogP contribution is 2.30. The largest absolute Gasteiger partial charge is 0.309 e. The summed E-state index contributed by atoms with van der Waals surface area (Å²) in [6.07, 6.45) is 0.828. The van der Waals surface area contributed by atoms with Gasteiger partial charge in [0, 0.05) is 12.1 Å². The summed E-state index contributed by atoms with van der Waals surface area (Å²) in [6, 6.07) is 12.1. The van der Waals surface area contributed by atoms with Gasteiger partial charge < -0.3 is 4.90 Å². The number of fused-ring (bicyclic) bond motifs is 1. The van der Waals surface area contributed by atoms with Crippen LogP contribution in [0.1, 0.15) is 22.3 Å². The molecule has 0 unspecified atom stereocenters. The van der Waals surface area contributed by atoms with Crippen LogP contribution < -0.4 is 4.90 Å². The molecule has 2 aromatic carbocycles. The summed E-state index contributed by atoms with van der Waals surface area (Å²) in [7, 11) is 4.02. The van der Waals surface area contributed by atoms with E-state index in [1.807, 2.05) is 45.3 Å². The summed E-state index contributed by atoms with van der Waals surface area (Å²) >= 11 is 1.35. The molecule has 0 atom stereocenters. The maximum absolute atomic E-state index is 13.5. The second kappa shape index (κ2) is 9.26. The summed E-state index contributed by atoms with van der Waals surface area (Å²) < 4.78 is 14.3. The molecule has 1 amide bonds. The van der Waals surface area contributed by atoms with Gasteiger partial charge in [-0.05, 0) is 63.8 Å². The number of benzene rings is 2. The second-order valence-corrected chi connectivity index (χ2v) is 7.55. The van der Waals surface area contributed by atoms with Gasteiger partial charge in [0.05, 0.1) is 10.2 Å². The van der Waals surface area contributed by atoms with Crippen LogP contribution >= 0.6 is 23.7 Å². The van der Waals surface area contributed by atoms with Crippen LogP contribution in [0.15, 0.2) is 42.5 Å². The maximum Gasteiger partial charge on any atom is 0.260 e. The molecule has 0 spiro atoms. The zero-order valence-electron chi connectivity index (χ0n) is 15.6. The van der Waals surface area contributed by atoms with E-state index in [1.165, 1.54) is 23.5 Å². The van der Waals surface area contributed by atoms with Crippen LogP contribution in [0, 0.1) is 12.7 Å². The Morgan fingerprint density at radius 1 is 1.15 bits per heavy atom. The van der Waals surface area contributed by atoms with Crippen molar-refractivity contribution >= 4 is 45.0 Å². The fraction of sp³-hybridized carbons (Fsp3) is 0.300. The molecule has 0 aliphatic carbocycles. The van der Waals surface area contributed by atoms with Crippen molar-refractivity contribution in [2.24, 2.45) is 0 Å². The lowest BCUT2D eigenvalue weighted by Gasteiger charge is -2.21. The Morgan fingerprint density at radius 2 is 1.89 bits per heavy atom. The Hall–Kier alpha value is -2.02. The molecule has 4 nitrogen and oxygen atoms in total. The molecule has 0 saturated heterocycles. The zero-order valence-corrected chi connectivity index (χ0v) is 17.2. The number of thiazole rings is 1. The number of carbonyl (C=O) groups excluding carboxylic acids is 1. The summed E-state index contributed by atoms with van der Waals surface area (Å²) in [4.78, 5) is 21.6. The average molecular weight is 408 g/mol. The predicted molar refractivity (Wildman–Crippen MR) is 113 cm³/mol. The molecule has 0 N–H and O–H groups in total. The van der Waals surface area contributed by atoms with E-state index in [4.69, 9.17) is 0 Å². The second-order valence-electron chi connectivity index (χ2n) is 6.54. The molecule has 144 valence electrons. The molecule has 27 heavy (non-hydrogen) atoms. The molecule has 0 radical (unpaired) electrons.